The maximum absolute atomic E-state index is 11.5. The van der Waals surface area contributed by atoms with Crippen LogP contribution in [-0.4, -0.2) is 17.1 Å². The zero-order valence-electron chi connectivity index (χ0n) is 9.44. The Kier molecular flexibility index (Phi) is 3.52. The van der Waals surface area contributed by atoms with Gasteiger partial charge in [0.1, 0.15) is 4.47 Å². The van der Waals surface area contributed by atoms with Gasteiger partial charge >= 0.3 is 0 Å². The van der Waals surface area contributed by atoms with Gasteiger partial charge in [0.2, 0.25) is 11.8 Å². The summed E-state index contributed by atoms with van der Waals surface area (Å²) in [7, 11) is 1.52. The molecule has 0 atom stereocenters. The number of nitrogens with one attached hydrogen (secondary N) is 1. The number of nitrogens with zero attached hydrogens (tertiary/aromatic N) is 1. The Morgan fingerprint density at radius 2 is 2.00 bits per heavy atom. The van der Waals surface area contributed by atoms with E-state index in [0.29, 0.717) is 11.5 Å². The van der Waals surface area contributed by atoms with Crippen LogP contribution in [0.3, 0.4) is 0 Å². The van der Waals surface area contributed by atoms with Crippen LogP contribution in [0.25, 0.3) is 0 Å². The number of ether oxygens (including phenoxy) is 2. The molecule has 3 N–H and O–H groups in total. The Bertz CT molecular complexity index is 627. The topological polar surface area (TPSA) is 90.2 Å². The minimum Gasteiger partial charge on any atom is -0.493 e. The normalized spacial score (nSPS) is 10.1. The molecule has 6 nitrogen and oxygen atoms in total. The van der Waals surface area contributed by atoms with E-state index in [1.165, 1.54) is 7.11 Å². The minimum atomic E-state index is -0.410. The van der Waals surface area contributed by atoms with Crippen molar-refractivity contribution in [3.05, 3.63) is 39.1 Å². The first-order valence-electron chi connectivity index (χ1n) is 4.98. The SMILES string of the molecule is COc1ccccc1Oc1nc(N)[nH]c(=O)c1Br. The highest BCUT2D eigenvalue weighted by molar-refractivity contribution is 9.10. The average molecular weight is 312 g/mol. The molecule has 0 spiro atoms. The van der Waals surface area contributed by atoms with Gasteiger partial charge < -0.3 is 15.2 Å². The Hall–Kier alpha value is -2.02. The maximum atomic E-state index is 11.5. The van der Waals surface area contributed by atoms with E-state index in [0.717, 1.165) is 0 Å². The predicted molar refractivity (Wildman–Crippen MR) is 70.0 cm³/mol. The number of aromatic amines is 1. The molecule has 7 heteroatoms. The van der Waals surface area contributed by atoms with Gasteiger partial charge in [-0.25, -0.2) is 0 Å². The molecule has 1 aromatic carbocycles. The predicted octanol–water partition coefficient (Wildman–Crippen LogP) is 1.92. The van der Waals surface area contributed by atoms with Gasteiger partial charge in [0.15, 0.2) is 11.5 Å². The number of nitrogen functional groups attached to an aromatic ring is 1. The lowest BCUT2D eigenvalue weighted by Gasteiger charge is -2.10. The molecule has 0 fully saturated rings. The molecule has 0 amide bonds. The molecule has 0 unspecified atom stereocenters. The second kappa shape index (κ2) is 5.09. The number of halogens is 1. The number of aromatic nitrogens is 2. The fourth-order valence-electron chi connectivity index (χ4n) is 1.33. The molecular formula is C11H10BrN3O3. The van der Waals surface area contributed by atoms with Crippen molar-refractivity contribution in [2.75, 3.05) is 12.8 Å². The molecule has 0 aliphatic rings. The fourth-order valence-corrected chi connectivity index (χ4v) is 1.60. The Labute approximate surface area is 111 Å². The van der Waals surface area contributed by atoms with Crippen molar-refractivity contribution in [2.45, 2.75) is 0 Å². The average Bonchev–Trinajstić information content (AvgIpc) is 2.36. The number of benzene rings is 1. The number of rotatable bonds is 3. The van der Waals surface area contributed by atoms with Gasteiger partial charge in [0, 0.05) is 0 Å². The van der Waals surface area contributed by atoms with Crippen molar-refractivity contribution >= 4 is 21.9 Å². The zero-order valence-corrected chi connectivity index (χ0v) is 11.0. The van der Waals surface area contributed by atoms with E-state index in [9.17, 15) is 4.79 Å². The molecule has 0 bridgehead atoms. The third-order valence-corrected chi connectivity index (χ3v) is 2.83. The van der Waals surface area contributed by atoms with Crippen molar-refractivity contribution in [1.29, 1.82) is 0 Å². The molecular weight excluding hydrogens is 302 g/mol. The second-order valence-electron chi connectivity index (χ2n) is 3.32. The van der Waals surface area contributed by atoms with Crippen LogP contribution in [0.4, 0.5) is 5.95 Å². The van der Waals surface area contributed by atoms with Crippen LogP contribution in [-0.2, 0) is 0 Å². The van der Waals surface area contributed by atoms with Gasteiger partial charge in [-0.1, -0.05) is 12.1 Å². The second-order valence-corrected chi connectivity index (χ2v) is 4.12. The highest BCUT2D eigenvalue weighted by atomic mass is 79.9. The highest BCUT2D eigenvalue weighted by Crippen LogP contribution is 2.32. The monoisotopic (exact) mass is 311 g/mol. The Morgan fingerprint density at radius 3 is 2.67 bits per heavy atom. The summed E-state index contributed by atoms with van der Waals surface area (Å²) in [6, 6.07) is 7.02. The third kappa shape index (κ3) is 2.45. The van der Waals surface area contributed by atoms with Crippen LogP contribution in [0.5, 0.6) is 17.4 Å². The first kappa shape index (κ1) is 12.4. The zero-order chi connectivity index (χ0) is 13.1. The van der Waals surface area contributed by atoms with Gasteiger partial charge in [-0.3, -0.25) is 9.78 Å². The smallest absolute Gasteiger partial charge is 0.270 e. The standard InChI is InChI=1S/C11H10BrN3O3/c1-17-6-4-2-3-5-7(6)18-10-8(12)9(16)14-11(13)15-10/h2-5H,1H3,(H3,13,14,15,16). The van der Waals surface area contributed by atoms with Crippen molar-refractivity contribution in [3.8, 4) is 17.4 Å². The molecule has 94 valence electrons. The summed E-state index contributed by atoms with van der Waals surface area (Å²) in [5.74, 6) is 1.04. The highest BCUT2D eigenvalue weighted by Gasteiger charge is 2.12. The van der Waals surface area contributed by atoms with Crippen LogP contribution < -0.4 is 20.8 Å². The van der Waals surface area contributed by atoms with Crippen LogP contribution in [0, 0.1) is 0 Å². The quantitative estimate of drug-likeness (QED) is 0.903. The van der Waals surface area contributed by atoms with Crippen LogP contribution in [0.2, 0.25) is 0 Å². The largest absolute Gasteiger partial charge is 0.493 e. The molecule has 0 saturated heterocycles. The lowest BCUT2D eigenvalue weighted by molar-refractivity contribution is 0.373. The number of anilines is 1. The van der Waals surface area contributed by atoms with Gasteiger partial charge in [0.25, 0.3) is 5.56 Å². The molecule has 0 aliphatic carbocycles. The lowest BCUT2D eigenvalue weighted by atomic mass is 10.3. The van der Waals surface area contributed by atoms with E-state index in [-0.39, 0.29) is 16.3 Å². The van der Waals surface area contributed by atoms with Crippen LogP contribution >= 0.6 is 15.9 Å². The molecule has 2 rings (SSSR count). The molecule has 0 radical (unpaired) electrons. The van der Waals surface area contributed by atoms with Crippen LogP contribution in [0.1, 0.15) is 0 Å². The van der Waals surface area contributed by atoms with Crippen molar-refractivity contribution in [2.24, 2.45) is 0 Å². The molecule has 1 aromatic heterocycles. The van der Waals surface area contributed by atoms with E-state index < -0.39 is 5.56 Å². The molecule has 0 saturated carbocycles. The summed E-state index contributed by atoms with van der Waals surface area (Å²) in [6.07, 6.45) is 0. The number of hydrogen-bond donors (Lipinski definition) is 2. The van der Waals surface area contributed by atoms with Crippen molar-refractivity contribution < 1.29 is 9.47 Å². The number of H-pyrrole nitrogens is 1. The number of hydrogen-bond acceptors (Lipinski definition) is 5. The first-order valence-corrected chi connectivity index (χ1v) is 5.77. The molecule has 1 heterocycles. The van der Waals surface area contributed by atoms with Gasteiger partial charge in [0.05, 0.1) is 7.11 Å². The summed E-state index contributed by atoms with van der Waals surface area (Å²) in [4.78, 5) is 17.7. The molecule has 18 heavy (non-hydrogen) atoms. The lowest BCUT2D eigenvalue weighted by Crippen LogP contribution is -2.13. The first-order chi connectivity index (χ1) is 8.61. The third-order valence-electron chi connectivity index (χ3n) is 2.13. The van der Waals surface area contributed by atoms with E-state index in [1.807, 2.05) is 0 Å². The van der Waals surface area contributed by atoms with Crippen molar-refractivity contribution in [3.63, 3.8) is 0 Å². The molecule has 2 aromatic rings. The van der Waals surface area contributed by atoms with E-state index in [1.54, 1.807) is 24.3 Å². The number of para-hydroxylation sites is 2. The summed E-state index contributed by atoms with van der Waals surface area (Å²) in [5, 5.41) is 0. The summed E-state index contributed by atoms with van der Waals surface area (Å²) >= 11 is 3.09. The number of nitrogens with two attached hydrogens (primary N) is 1. The number of methoxy groups -OCH3 is 1. The van der Waals surface area contributed by atoms with Gasteiger partial charge in [-0.2, -0.15) is 4.98 Å². The molecule has 0 aliphatic heterocycles. The van der Waals surface area contributed by atoms with Gasteiger partial charge in [-0.05, 0) is 28.1 Å². The van der Waals surface area contributed by atoms with Crippen molar-refractivity contribution in [1.82, 2.24) is 9.97 Å². The van der Waals surface area contributed by atoms with E-state index in [4.69, 9.17) is 15.2 Å². The van der Waals surface area contributed by atoms with E-state index >= 15 is 0 Å². The fraction of sp³-hybridized carbons (Fsp3) is 0.0909. The summed E-state index contributed by atoms with van der Waals surface area (Å²) in [5.41, 5.74) is 5.04. The Morgan fingerprint density at radius 1 is 1.33 bits per heavy atom. The minimum absolute atomic E-state index is 0.0203. The van der Waals surface area contributed by atoms with E-state index in [2.05, 4.69) is 25.9 Å². The van der Waals surface area contributed by atoms with Crippen LogP contribution in [0.15, 0.2) is 33.5 Å². The summed E-state index contributed by atoms with van der Waals surface area (Å²) in [6.45, 7) is 0. The maximum Gasteiger partial charge on any atom is 0.270 e. The summed E-state index contributed by atoms with van der Waals surface area (Å²) < 4.78 is 10.8. The van der Waals surface area contributed by atoms with Gasteiger partial charge in [-0.15, -0.1) is 0 Å². The Balaban J connectivity index is 2.43.